The smallest absolute Gasteiger partial charge is 0.316 e. The number of carbonyl (C=O) groups excluding carboxylic acids is 1. The van der Waals surface area contributed by atoms with Gasteiger partial charge in [-0.25, -0.2) is 9.18 Å². The molecule has 0 aliphatic heterocycles. The third kappa shape index (κ3) is 2.41. The zero-order valence-electron chi connectivity index (χ0n) is 6.88. The number of nitrogens with two attached hydrogens (primary N) is 2. The number of nitrogens with one attached hydrogen (secondary N) is 1. The number of anilines is 1. The van der Waals surface area contributed by atoms with Gasteiger partial charge >= 0.3 is 6.03 Å². The Labute approximate surface area is 74.7 Å². The van der Waals surface area contributed by atoms with Crippen LogP contribution in [0.4, 0.5) is 14.9 Å². The van der Waals surface area contributed by atoms with Crippen LogP contribution in [0.2, 0.25) is 0 Å². The SMILES string of the molecule is NCc1ccc(NC(N)=O)c(F)c1. The summed E-state index contributed by atoms with van der Waals surface area (Å²) < 4.78 is 13.1. The van der Waals surface area contributed by atoms with E-state index in [1.807, 2.05) is 0 Å². The van der Waals surface area contributed by atoms with Gasteiger partial charge < -0.3 is 16.8 Å². The first-order chi connectivity index (χ1) is 6.13. The highest BCUT2D eigenvalue weighted by atomic mass is 19.1. The molecule has 1 aromatic rings. The standard InChI is InChI=1S/C8H10FN3O/c9-6-3-5(4-10)1-2-7(6)12-8(11)13/h1-3H,4,10H2,(H3,11,12,13). The van der Waals surface area contributed by atoms with Gasteiger partial charge in [-0.2, -0.15) is 0 Å². The van der Waals surface area contributed by atoms with Crippen molar-refractivity contribution < 1.29 is 9.18 Å². The first-order valence-electron chi connectivity index (χ1n) is 3.68. The average Bonchev–Trinajstić information content (AvgIpc) is 2.08. The number of amides is 2. The molecule has 0 unspecified atom stereocenters. The monoisotopic (exact) mass is 183 g/mol. The van der Waals surface area contributed by atoms with E-state index in [1.54, 1.807) is 6.07 Å². The van der Waals surface area contributed by atoms with Crippen LogP contribution >= 0.6 is 0 Å². The molecule has 2 amide bonds. The minimum Gasteiger partial charge on any atom is -0.351 e. The summed E-state index contributed by atoms with van der Waals surface area (Å²) in [5.41, 5.74) is 10.8. The molecule has 0 aliphatic carbocycles. The van der Waals surface area contributed by atoms with E-state index in [9.17, 15) is 9.18 Å². The average molecular weight is 183 g/mol. The molecule has 0 atom stereocenters. The Morgan fingerprint density at radius 3 is 2.69 bits per heavy atom. The van der Waals surface area contributed by atoms with Crippen molar-refractivity contribution in [2.75, 3.05) is 5.32 Å². The quantitative estimate of drug-likeness (QED) is 0.633. The molecule has 0 saturated heterocycles. The summed E-state index contributed by atoms with van der Waals surface area (Å²) in [6, 6.07) is 3.50. The summed E-state index contributed by atoms with van der Waals surface area (Å²) >= 11 is 0. The number of rotatable bonds is 2. The van der Waals surface area contributed by atoms with Crippen molar-refractivity contribution in [3.8, 4) is 0 Å². The molecular weight excluding hydrogens is 173 g/mol. The van der Waals surface area contributed by atoms with Crippen LogP contribution in [0.5, 0.6) is 0 Å². The fourth-order valence-electron chi connectivity index (χ4n) is 0.920. The summed E-state index contributed by atoms with van der Waals surface area (Å²) in [7, 11) is 0. The predicted octanol–water partition coefficient (Wildman–Crippen LogP) is 0.775. The zero-order valence-corrected chi connectivity index (χ0v) is 6.88. The molecule has 0 saturated carbocycles. The number of hydrogen-bond acceptors (Lipinski definition) is 2. The number of benzene rings is 1. The van der Waals surface area contributed by atoms with E-state index in [0.29, 0.717) is 5.56 Å². The van der Waals surface area contributed by atoms with Gasteiger partial charge in [-0.15, -0.1) is 0 Å². The highest BCUT2D eigenvalue weighted by Crippen LogP contribution is 2.14. The first kappa shape index (κ1) is 9.47. The van der Waals surface area contributed by atoms with Gasteiger partial charge in [-0.1, -0.05) is 6.07 Å². The molecule has 4 nitrogen and oxygen atoms in total. The number of halogens is 1. The summed E-state index contributed by atoms with van der Waals surface area (Å²) in [6.45, 7) is 0.258. The maximum absolute atomic E-state index is 13.1. The fraction of sp³-hybridized carbons (Fsp3) is 0.125. The molecule has 5 heteroatoms. The van der Waals surface area contributed by atoms with E-state index in [0.717, 1.165) is 0 Å². The van der Waals surface area contributed by atoms with Crippen LogP contribution in [0.25, 0.3) is 0 Å². The highest BCUT2D eigenvalue weighted by molar-refractivity contribution is 5.87. The third-order valence-corrected chi connectivity index (χ3v) is 1.53. The van der Waals surface area contributed by atoms with Crippen molar-refractivity contribution in [1.29, 1.82) is 0 Å². The van der Waals surface area contributed by atoms with Crippen LogP contribution in [-0.4, -0.2) is 6.03 Å². The summed E-state index contributed by atoms with van der Waals surface area (Å²) in [4.78, 5) is 10.4. The Balaban J connectivity index is 2.91. The largest absolute Gasteiger partial charge is 0.351 e. The molecule has 0 radical (unpaired) electrons. The molecule has 0 spiro atoms. The van der Waals surface area contributed by atoms with Crippen LogP contribution in [0, 0.1) is 5.82 Å². The second-order valence-corrected chi connectivity index (χ2v) is 2.51. The number of hydrogen-bond donors (Lipinski definition) is 3. The van der Waals surface area contributed by atoms with Gasteiger partial charge in [0.15, 0.2) is 0 Å². The normalized spacial score (nSPS) is 9.69. The van der Waals surface area contributed by atoms with Gasteiger partial charge in [0.1, 0.15) is 5.82 Å². The molecule has 0 aromatic heterocycles. The first-order valence-corrected chi connectivity index (χ1v) is 3.68. The maximum atomic E-state index is 13.1. The minimum atomic E-state index is -0.792. The van der Waals surface area contributed by atoms with Crippen molar-refractivity contribution in [2.45, 2.75) is 6.54 Å². The van der Waals surface area contributed by atoms with Crippen molar-refractivity contribution in [3.63, 3.8) is 0 Å². The Morgan fingerprint density at radius 1 is 1.54 bits per heavy atom. The van der Waals surface area contributed by atoms with Crippen molar-refractivity contribution in [1.82, 2.24) is 0 Å². The van der Waals surface area contributed by atoms with E-state index in [4.69, 9.17) is 11.5 Å². The fourth-order valence-corrected chi connectivity index (χ4v) is 0.920. The van der Waals surface area contributed by atoms with E-state index >= 15 is 0 Å². The lowest BCUT2D eigenvalue weighted by molar-refractivity contribution is 0.259. The highest BCUT2D eigenvalue weighted by Gasteiger charge is 2.03. The topological polar surface area (TPSA) is 81.1 Å². The molecule has 13 heavy (non-hydrogen) atoms. The van der Waals surface area contributed by atoms with Crippen LogP contribution < -0.4 is 16.8 Å². The van der Waals surface area contributed by atoms with Crippen LogP contribution in [-0.2, 0) is 6.54 Å². The van der Waals surface area contributed by atoms with Crippen molar-refractivity contribution in [3.05, 3.63) is 29.6 Å². The second-order valence-electron chi connectivity index (χ2n) is 2.51. The summed E-state index contributed by atoms with van der Waals surface area (Å²) in [5.74, 6) is -0.540. The Bertz CT molecular complexity index is 327. The minimum absolute atomic E-state index is 0.0599. The van der Waals surface area contributed by atoms with Crippen molar-refractivity contribution in [2.24, 2.45) is 11.5 Å². The summed E-state index contributed by atoms with van der Waals surface area (Å²) in [6.07, 6.45) is 0. The van der Waals surface area contributed by atoms with Gasteiger partial charge in [-0.05, 0) is 17.7 Å². The van der Waals surface area contributed by atoms with Gasteiger partial charge in [0.05, 0.1) is 5.69 Å². The third-order valence-electron chi connectivity index (χ3n) is 1.53. The number of urea groups is 1. The molecule has 0 heterocycles. The molecular formula is C8H10FN3O. The van der Waals surface area contributed by atoms with E-state index in [1.165, 1.54) is 12.1 Å². The molecule has 70 valence electrons. The van der Waals surface area contributed by atoms with Gasteiger partial charge in [-0.3, -0.25) is 0 Å². The lowest BCUT2D eigenvalue weighted by atomic mass is 10.2. The molecule has 1 aromatic carbocycles. The lowest BCUT2D eigenvalue weighted by Gasteiger charge is -2.04. The van der Waals surface area contributed by atoms with Gasteiger partial charge in [0, 0.05) is 6.54 Å². The molecule has 0 aliphatic rings. The Hall–Kier alpha value is -1.62. The van der Waals surface area contributed by atoms with Gasteiger partial charge in [0.25, 0.3) is 0 Å². The van der Waals surface area contributed by atoms with Crippen LogP contribution in [0.1, 0.15) is 5.56 Å². The zero-order chi connectivity index (χ0) is 9.84. The number of carbonyl (C=O) groups is 1. The van der Waals surface area contributed by atoms with Crippen molar-refractivity contribution >= 4 is 11.7 Å². The van der Waals surface area contributed by atoms with E-state index in [-0.39, 0.29) is 12.2 Å². The Kier molecular flexibility index (Phi) is 2.81. The Morgan fingerprint density at radius 2 is 2.23 bits per heavy atom. The van der Waals surface area contributed by atoms with E-state index < -0.39 is 11.8 Å². The van der Waals surface area contributed by atoms with Gasteiger partial charge in [0.2, 0.25) is 0 Å². The molecule has 0 bridgehead atoms. The molecule has 5 N–H and O–H groups in total. The molecule has 0 fully saturated rings. The number of primary amides is 1. The second kappa shape index (κ2) is 3.86. The van der Waals surface area contributed by atoms with Crippen LogP contribution in [0.15, 0.2) is 18.2 Å². The lowest BCUT2D eigenvalue weighted by Crippen LogP contribution is -2.20. The van der Waals surface area contributed by atoms with E-state index in [2.05, 4.69) is 5.32 Å². The molecule has 1 rings (SSSR count). The van der Waals surface area contributed by atoms with Crippen LogP contribution in [0.3, 0.4) is 0 Å². The maximum Gasteiger partial charge on any atom is 0.316 e. The predicted molar refractivity (Wildman–Crippen MR) is 47.5 cm³/mol. The summed E-state index contributed by atoms with van der Waals surface area (Å²) in [5, 5.41) is 2.15.